The topological polar surface area (TPSA) is 12.9 Å². The highest BCUT2D eigenvalue weighted by Crippen LogP contribution is 2.32. The van der Waals surface area contributed by atoms with Gasteiger partial charge >= 0.3 is 0 Å². The Morgan fingerprint density at radius 3 is 2.30 bits per heavy atom. The van der Waals surface area contributed by atoms with Crippen LogP contribution in [-0.4, -0.2) is 4.98 Å². The molecule has 0 saturated carbocycles. The molecule has 0 aliphatic carbocycles. The molecule has 0 aliphatic rings. The number of hydrogen-bond acceptors (Lipinski definition) is 2. The molecule has 0 bridgehead atoms. The quantitative estimate of drug-likeness (QED) is 0.499. The maximum Gasteiger partial charge on any atom is 0.124 e. The van der Waals surface area contributed by atoms with Gasteiger partial charge in [-0.1, -0.05) is 53.5 Å². The smallest absolute Gasteiger partial charge is 0.124 e. The first-order valence-electron chi connectivity index (χ1n) is 5.70. The van der Waals surface area contributed by atoms with Crippen molar-refractivity contribution >= 4 is 51.5 Å². The lowest BCUT2D eigenvalue weighted by Gasteiger charge is -1.99. The summed E-state index contributed by atoms with van der Waals surface area (Å²) in [5.74, 6) is 0. The van der Waals surface area contributed by atoms with Gasteiger partial charge in [0.15, 0.2) is 0 Å². The second kappa shape index (κ2) is 6.72. The van der Waals surface area contributed by atoms with Crippen molar-refractivity contribution in [2.24, 2.45) is 0 Å². The molecule has 1 nitrogen and oxygen atoms in total. The largest absolute Gasteiger partial charge is 0.236 e. The van der Waals surface area contributed by atoms with Crippen LogP contribution in [0.3, 0.4) is 0 Å². The third-order valence-corrected chi connectivity index (χ3v) is 4.22. The standard InChI is InChI=1S/C15H9Cl2NS.BrH/c16-11-7-5-10(6-8-11)15-18-14(9-19-15)12-3-1-2-4-13(12)17;/h1-9H;1H. The van der Waals surface area contributed by atoms with Crippen LogP contribution < -0.4 is 0 Å². The summed E-state index contributed by atoms with van der Waals surface area (Å²) in [6.07, 6.45) is 0. The first-order chi connectivity index (χ1) is 9.24. The van der Waals surface area contributed by atoms with E-state index in [1.54, 1.807) is 11.3 Å². The molecule has 20 heavy (non-hydrogen) atoms. The molecule has 1 heterocycles. The SMILES string of the molecule is Br.Clc1ccc(-c2nc(-c3ccccc3Cl)cs2)cc1. The Morgan fingerprint density at radius 2 is 1.60 bits per heavy atom. The van der Waals surface area contributed by atoms with Crippen molar-refractivity contribution in [1.29, 1.82) is 0 Å². The summed E-state index contributed by atoms with van der Waals surface area (Å²) in [5.41, 5.74) is 2.92. The van der Waals surface area contributed by atoms with Crippen LogP contribution in [-0.2, 0) is 0 Å². The van der Waals surface area contributed by atoms with Gasteiger partial charge < -0.3 is 0 Å². The minimum atomic E-state index is 0. The van der Waals surface area contributed by atoms with Gasteiger partial charge in [0.2, 0.25) is 0 Å². The average Bonchev–Trinajstić information content (AvgIpc) is 2.89. The molecule has 3 aromatic rings. The lowest BCUT2D eigenvalue weighted by Crippen LogP contribution is -1.80. The summed E-state index contributed by atoms with van der Waals surface area (Å²) in [6, 6.07) is 15.4. The molecule has 102 valence electrons. The third-order valence-electron chi connectivity index (χ3n) is 2.75. The number of aromatic nitrogens is 1. The van der Waals surface area contributed by atoms with Gasteiger partial charge in [0, 0.05) is 26.6 Å². The van der Waals surface area contributed by atoms with Crippen molar-refractivity contribution < 1.29 is 0 Å². The van der Waals surface area contributed by atoms with Gasteiger partial charge in [-0.3, -0.25) is 0 Å². The van der Waals surface area contributed by atoms with Crippen LogP contribution in [0.1, 0.15) is 0 Å². The summed E-state index contributed by atoms with van der Waals surface area (Å²) in [4.78, 5) is 4.63. The molecule has 1 aromatic heterocycles. The van der Waals surface area contributed by atoms with Crippen molar-refractivity contribution in [3.05, 3.63) is 64.0 Å². The van der Waals surface area contributed by atoms with E-state index >= 15 is 0 Å². The summed E-state index contributed by atoms with van der Waals surface area (Å²) in [6.45, 7) is 0. The predicted octanol–water partition coefficient (Wildman–Crippen LogP) is 6.36. The van der Waals surface area contributed by atoms with E-state index in [2.05, 4.69) is 4.98 Å². The van der Waals surface area contributed by atoms with Crippen molar-refractivity contribution in [2.75, 3.05) is 0 Å². The second-order valence-corrected chi connectivity index (χ2v) is 5.73. The van der Waals surface area contributed by atoms with Crippen molar-refractivity contribution in [3.63, 3.8) is 0 Å². The molecule has 0 spiro atoms. The average molecular weight is 387 g/mol. The van der Waals surface area contributed by atoms with Crippen LogP contribution in [0.2, 0.25) is 10.0 Å². The fraction of sp³-hybridized carbons (Fsp3) is 0. The molecule has 0 aliphatic heterocycles. The van der Waals surface area contributed by atoms with E-state index in [4.69, 9.17) is 23.2 Å². The summed E-state index contributed by atoms with van der Waals surface area (Å²) < 4.78 is 0. The molecule has 5 heteroatoms. The Labute approximate surface area is 142 Å². The highest BCUT2D eigenvalue weighted by atomic mass is 79.9. The minimum absolute atomic E-state index is 0. The van der Waals surface area contributed by atoms with Crippen LogP contribution in [0.25, 0.3) is 21.8 Å². The first kappa shape index (κ1) is 15.5. The van der Waals surface area contributed by atoms with Crippen molar-refractivity contribution in [3.8, 4) is 21.8 Å². The molecule has 3 rings (SSSR count). The van der Waals surface area contributed by atoms with Crippen LogP contribution in [0, 0.1) is 0 Å². The molecule has 0 radical (unpaired) electrons. The van der Waals surface area contributed by atoms with Gasteiger partial charge in [-0.25, -0.2) is 4.98 Å². The zero-order valence-electron chi connectivity index (χ0n) is 10.2. The number of benzene rings is 2. The zero-order valence-corrected chi connectivity index (χ0v) is 14.3. The molecule has 2 aromatic carbocycles. The number of hydrogen-bond donors (Lipinski definition) is 0. The van der Waals surface area contributed by atoms with Gasteiger partial charge in [-0.15, -0.1) is 28.3 Å². The molecule has 0 atom stereocenters. The molecule has 0 unspecified atom stereocenters. The van der Waals surface area contributed by atoms with Gasteiger partial charge in [0.05, 0.1) is 5.69 Å². The van der Waals surface area contributed by atoms with Gasteiger partial charge in [0.25, 0.3) is 0 Å². The number of rotatable bonds is 2. The lowest BCUT2D eigenvalue weighted by molar-refractivity contribution is 1.40. The summed E-state index contributed by atoms with van der Waals surface area (Å²) >= 11 is 13.7. The minimum Gasteiger partial charge on any atom is -0.236 e. The Bertz CT molecular complexity index is 710. The van der Waals surface area contributed by atoms with Crippen molar-refractivity contribution in [1.82, 2.24) is 4.98 Å². The van der Waals surface area contributed by atoms with E-state index < -0.39 is 0 Å². The molecule has 0 saturated heterocycles. The number of nitrogens with zero attached hydrogens (tertiary/aromatic N) is 1. The molecular weight excluding hydrogens is 377 g/mol. The lowest BCUT2D eigenvalue weighted by atomic mass is 10.2. The van der Waals surface area contributed by atoms with E-state index in [0.717, 1.165) is 31.9 Å². The first-order valence-corrected chi connectivity index (χ1v) is 7.34. The third kappa shape index (κ3) is 3.23. The molecule has 0 fully saturated rings. The van der Waals surface area contributed by atoms with E-state index in [0.29, 0.717) is 0 Å². The van der Waals surface area contributed by atoms with Gasteiger partial charge in [0.1, 0.15) is 5.01 Å². The zero-order chi connectivity index (χ0) is 13.2. The second-order valence-electron chi connectivity index (χ2n) is 4.02. The Morgan fingerprint density at radius 1 is 0.900 bits per heavy atom. The Balaban J connectivity index is 0.00000147. The van der Waals surface area contributed by atoms with E-state index in [1.165, 1.54) is 0 Å². The fourth-order valence-corrected chi connectivity index (χ4v) is 2.98. The van der Waals surface area contributed by atoms with Crippen molar-refractivity contribution in [2.45, 2.75) is 0 Å². The maximum atomic E-state index is 6.18. The van der Waals surface area contributed by atoms with E-state index in [9.17, 15) is 0 Å². The Kier molecular flexibility index (Phi) is 5.22. The summed E-state index contributed by atoms with van der Waals surface area (Å²) in [5, 5.41) is 4.43. The molecular formula is C15H10BrCl2NS. The highest BCUT2D eigenvalue weighted by Gasteiger charge is 2.08. The molecule has 0 N–H and O–H groups in total. The van der Waals surface area contributed by atoms with Crippen LogP contribution in [0.4, 0.5) is 0 Å². The normalized spacial score (nSPS) is 10.1. The van der Waals surface area contributed by atoms with Crippen LogP contribution in [0.5, 0.6) is 0 Å². The predicted molar refractivity (Wildman–Crippen MR) is 93.3 cm³/mol. The number of thiazole rings is 1. The van der Waals surface area contributed by atoms with Gasteiger partial charge in [-0.2, -0.15) is 0 Å². The summed E-state index contributed by atoms with van der Waals surface area (Å²) in [7, 11) is 0. The monoisotopic (exact) mass is 385 g/mol. The highest BCUT2D eigenvalue weighted by molar-refractivity contribution is 8.93. The van der Waals surface area contributed by atoms with Gasteiger partial charge in [-0.05, 0) is 18.2 Å². The fourth-order valence-electron chi connectivity index (χ4n) is 1.79. The molecule has 0 amide bonds. The van der Waals surface area contributed by atoms with Crippen LogP contribution >= 0.6 is 51.5 Å². The van der Waals surface area contributed by atoms with E-state index in [1.807, 2.05) is 53.9 Å². The van der Waals surface area contributed by atoms with Crippen LogP contribution in [0.15, 0.2) is 53.9 Å². The maximum absolute atomic E-state index is 6.18. The van der Waals surface area contributed by atoms with E-state index in [-0.39, 0.29) is 17.0 Å². The Hall–Kier alpha value is -0.870. The number of halogens is 3.